The molecule has 414 valence electrons. The highest BCUT2D eigenvalue weighted by atomic mass is 16.8. The van der Waals surface area contributed by atoms with Crippen molar-refractivity contribution in [3.05, 3.63) is 0 Å². The summed E-state index contributed by atoms with van der Waals surface area (Å²) >= 11 is 0. The van der Waals surface area contributed by atoms with Crippen molar-refractivity contribution in [2.24, 2.45) is 52.3 Å². The molecule has 0 unspecified atom stereocenters. The lowest BCUT2D eigenvalue weighted by molar-refractivity contribution is -0.404. The van der Waals surface area contributed by atoms with E-state index < -0.39 is 149 Å². The molecule has 4 saturated carbocycles. The summed E-state index contributed by atoms with van der Waals surface area (Å²) < 4.78 is 61.4. The van der Waals surface area contributed by atoms with E-state index in [1.165, 1.54) is 12.8 Å². The van der Waals surface area contributed by atoms with Gasteiger partial charge in [-0.05, 0) is 104 Å². The molecule has 31 atom stereocenters. The van der Waals surface area contributed by atoms with Gasteiger partial charge in [0.05, 0.1) is 45.2 Å². The van der Waals surface area contributed by atoms with E-state index in [4.69, 9.17) is 47.4 Å². The molecule has 12 N–H and O–H groups in total. The summed E-state index contributed by atoms with van der Waals surface area (Å²) in [6.07, 6.45) is -22.9. The molecular formula is C50H82O22. The summed E-state index contributed by atoms with van der Waals surface area (Å²) in [6, 6.07) is 0. The van der Waals surface area contributed by atoms with Gasteiger partial charge in [0.1, 0.15) is 91.6 Å². The van der Waals surface area contributed by atoms with E-state index >= 15 is 0 Å². The quantitative estimate of drug-likeness (QED) is 0.0971. The van der Waals surface area contributed by atoms with E-state index in [9.17, 15) is 61.3 Å². The fraction of sp³-hybridized carbons (Fsp3) is 1.00. The standard InChI is InChI=1S/C50H82O22/c1-20-7-12-50(64-18-20)21(2)32-28(72-50)14-26-24-6-5-22-13-23(8-10-48(22,3)25(24)9-11-49(26,32)4)65-45-40(62)37(59)41(31(17-53)68-45)69-47-43(71-46-39(61)36(58)34(56)29(15-51)66-46)42(35(57)30(16-52)67-47)70-44-38(60)33(55)27(54)19-63-44/h20-47,51-62H,5-19H2,1-4H3/t20-,21+,22+,23+,24-,25+,26+,27-,28+,29-,30-,31-,32+,33+,34+,35-,36+,37-,38-,39-,40-,41+,42+,43-,44+,45-,46+,47+,48+,49+,50-/m1/s1. The van der Waals surface area contributed by atoms with Crippen LogP contribution in [-0.4, -0.2) is 229 Å². The molecule has 6 heterocycles. The summed E-state index contributed by atoms with van der Waals surface area (Å²) in [4.78, 5) is 0. The van der Waals surface area contributed by atoms with Gasteiger partial charge in [-0.1, -0.05) is 27.7 Å². The zero-order valence-electron chi connectivity index (χ0n) is 41.7. The Labute approximate surface area is 419 Å². The third-order valence-corrected chi connectivity index (χ3v) is 20.0. The second-order valence-electron chi connectivity index (χ2n) is 23.9. The Morgan fingerprint density at radius 2 is 1.14 bits per heavy atom. The van der Waals surface area contributed by atoms with E-state index in [0.717, 1.165) is 51.6 Å². The molecule has 10 rings (SSSR count). The monoisotopic (exact) mass is 1030 g/mol. The van der Waals surface area contributed by atoms with Crippen LogP contribution < -0.4 is 0 Å². The number of rotatable bonds is 11. The fourth-order valence-electron chi connectivity index (χ4n) is 15.9. The van der Waals surface area contributed by atoms with Crippen molar-refractivity contribution in [2.45, 2.75) is 227 Å². The molecule has 22 heteroatoms. The van der Waals surface area contributed by atoms with Crippen LogP contribution in [0.5, 0.6) is 0 Å². The molecular weight excluding hydrogens is 953 g/mol. The van der Waals surface area contributed by atoms with Crippen molar-refractivity contribution >= 4 is 0 Å². The second kappa shape index (κ2) is 21.1. The number of fused-ring (bicyclic) bond motifs is 7. The Balaban J connectivity index is 0.812. The highest BCUT2D eigenvalue weighted by Crippen LogP contribution is 2.71. The molecule has 72 heavy (non-hydrogen) atoms. The molecule has 0 radical (unpaired) electrons. The number of hydrogen-bond acceptors (Lipinski definition) is 22. The third-order valence-electron chi connectivity index (χ3n) is 20.0. The first-order valence-corrected chi connectivity index (χ1v) is 26.7. The molecule has 10 fully saturated rings. The minimum atomic E-state index is -2.00. The summed E-state index contributed by atoms with van der Waals surface area (Å²) in [5, 5.41) is 129. The normalized spacial score (nSPS) is 57.8. The molecule has 0 aromatic rings. The van der Waals surface area contributed by atoms with Crippen LogP contribution in [0.1, 0.15) is 91.9 Å². The Kier molecular flexibility index (Phi) is 15.9. The second-order valence-corrected chi connectivity index (χ2v) is 23.9. The van der Waals surface area contributed by atoms with Gasteiger partial charge in [-0.2, -0.15) is 0 Å². The van der Waals surface area contributed by atoms with Gasteiger partial charge in [0, 0.05) is 12.3 Å². The first-order chi connectivity index (χ1) is 34.3. The zero-order chi connectivity index (χ0) is 51.3. The highest BCUT2D eigenvalue weighted by molar-refractivity contribution is 5.15. The van der Waals surface area contributed by atoms with Gasteiger partial charge in [-0.3, -0.25) is 0 Å². The van der Waals surface area contributed by atoms with Gasteiger partial charge in [0.25, 0.3) is 0 Å². The molecule has 6 saturated heterocycles. The molecule has 4 aliphatic carbocycles. The molecule has 0 aromatic carbocycles. The van der Waals surface area contributed by atoms with Gasteiger partial charge in [0.2, 0.25) is 0 Å². The predicted molar refractivity (Wildman–Crippen MR) is 242 cm³/mol. The van der Waals surface area contributed by atoms with Crippen molar-refractivity contribution in [3.8, 4) is 0 Å². The lowest BCUT2D eigenvalue weighted by atomic mass is 9.44. The van der Waals surface area contributed by atoms with E-state index in [-0.39, 0.29) is 23.0 Å². The number of ether oxygens (including phenoxy) is 10. The van der Waals surface area contributed by atoms with Crippen LogP contribution in [0, 0.1) is 52.3 Å². The summed E-state index contributed by atoms with van der Waals surface area (Å²) in [7, 11) is 0. The van der Waals surface area contributed by atoms with Crippen molar-refractivity contribution in [2.75, 3.05) is 33.0 Å². The lowest BCUT2D eigenvalue weighted by Gasteiger charge is -2.61. The summed E-state index contributed by atoms with van der Waals surface area (Å²) in [5.74, 6) is 3.06. The summed E-state index contributed by atoms with van der Waals surface area (Å²) in [6.45, 7) is 7.42. The number of hydrogen-bond donors (Lipinski definition) is 12. The molecule has 0 aromatic heterocycles. The maximum absolute atomic E-state index is 11.8. The van der Waals surface area contributed by atoms with Crippen molar-refractivity contribution in [1.82, 2.24) is 0 Å². The van der Waals surface area contributed by atoms with Gasteiger partial charge in [-0.25, -0.2) is 0 Å². The molecule has 10 aliphatic rings. The molecule has 22 nitrogen and oxygen atoms in total. The Bertz CT molecular complexity index is 1830. The SMILES string of the molecule is C[C@@H]1CC[C@@]2(OC1)O[C@H]1C[C@H]3[C@@H]4CC[C@H]5C[C@@H](O[C@@H]6O[C@H](CO)[C@H](O[C@@H]7O[C@H](CO)[C@@H](O)[C@H](O[C@@H]8OC[C@@H](O)[C@H](O)[C@H]8O)[C@H]7O[C@@H]7O[C@H](CO)[C@H](O)[C@H](O)[C@H]7O)[C@H](O)[C@H]6O)CC[C@]5(C)[C@H]4CC[C@]3(C)[C@H]1[C@@H]2C. The Hall–Kier alpha value is -0.880. The van der Waals surface area contributed by atoms with Crippen molar-refractivity contribution in [1.29, 1.82) is 0 Å². The number of aliphatic hydroxyl groups excluding tert-OH is 12. The first kappa shape index (κ1) is 54.5. The summed E-state index contributed by atoms with van der Waals surface area (Å²) in [5.41, 5.74) is 0.293. The average molecular weight is 1040 g/mol. The maximum atomic E-state index is 11.8. The van der Waals surface area contributed by atoms with Gasteiger partial charge >= 0.3 is 0 Å². The van der Waals surface area contributed by atoms with Gasteiger partial charge < -0.3 is 109 Å². The van der Waals surface area contributed by atoms with Gasteiger partial charge in [-0.15, -0.1) is 0 Å². The minimum Gasteiger partial charge on any atom is -0.394 e. The Morgan fingerprint density at radius 1 is 0.514 bits per heavy atom. The van der Waals surface area contributed by atoms with E-state index in [1.807, 2.05) is 0 Å². The topological polar surface area (TPSA) is 335 Å². The first-order valence-electron chi connectivity index (χ1n) is 26.7. The van der Waals surface area contributed by atoms with Gasteiger partial charge in [0.15, 0.2) is 30.9 Å². The maximum Gasteiger partial charge on any atom is 0.187 e. The van der Waals surface area contributed by atoms with Crippen LogP contribution in [-0.2, 0) is 47.4 Å². The van der Waals surface area contributed by atoms with Crippen LogP contribution in [0.15, 0.2) is 0 Å². The number of aliphatic hydroxyl groups is 12. The smallest absolute Gasteiger partial charge is 0.187 e. The largest absolute Gasteiger partial charge is 0.394 e. The van der Waals surface area contributed by atoms with E-state index in [0.29, 0.717) is 47.8 Å². The van der Waals surface area contributed by atoms with Crippen molar-refractivity contribution in [3.63, 3.8) is 0 Å². The van der Waals surface area contributed by atoms with E-state index in [2.05, 4.69) is 27.7 Å². The van der Waals surface area contributed by atoms with Crippen LogP contribution in [0.25, 0.3) is 0 Å². The lowest BCUT2D eigenvalue weighted by Crippen LogP contribution is -2.68. The highest BCUT2D eigenvalue weighted by Gasteiger charge is 2.69. The molecule has 0 amide bonds. The average Bonchev–Trinajstić information content (AvgIpc) is 3.82. The fourth-order valence-corrected chi connectivity index (χ4v) is 15.9. The molecule has 6 aliphatic heterocycles. The predicted octanol–water partition coefficient (Wildman–Crippen LogP) is -2.27. The third kappa shape index (κ3) is 9.26. The van der Waals surface area contributed by atoms with E-state index in [1.54, 1.807) is 0 Å². The molecule has 0 bridgehead atoms. The minimum absolute atomic E-state index is 0.0916. The molecule has 1 spiro atoms. The van der Waals surface area contributed by atoms with Crippen LogP contribution in [0.4, 0.5) is 0 Å². The van der Waals surface area contributed by atoms with Crippen molar-refractivity contribution < 1.29 is 109 Å². The van der Waals surface area contributed by atoms with Crippen LogP contribution in [0.2, 0.25) is 0 Å². The Morgan fingerprint density at radius 3 is 1.85 bits per heavy atom. The zero-order valence-corrected chi connectivity index (χ0v) is 41.7. The van der Waals surface area contributed by atoms with Crippen LogP contribution in [0.3, 0.4) is 0 Å². The van der Waals surface area contributed by atoms with Crippen LogP contribution >= 0.6 is 0 Å².